The zero-order valence-corrected chi connectivity index (χ0v) is 12.3. The summed E-state index contributed by atoms with van der Waals surface area (Å²) in [6, 6.07) is 1.60. The van der Waals surface area contributed by atoms with E-state index in [1.165, 1.54) is 6.92 Å². The SMILES string of the molecule is CCOP1(=O)NC(=O)c2cc(C)c(C(C)=O)c(C)c21. The molecule has 0 spiro atoms. The van der Waals surface area contributed by atoms with Gasteiger partial charge in [0.25, 0.3) is 5.91 Å². The summed E-state index contributed by atoms with van der Waals surface area (Å²) in [6.45, 7) is 6.85. The molecule has 1 heterocycles. The standard InChI is InChI=1S/C13H16NO4P/c1-5-18-19(17)12-8(3)11(9(4)15)7(2)6-10(12)13(16)14-19/h6H,5H2,1-4H3,(H,14,16,17). The van der Waals surface area contributed by atoms with Gasteiger partial charge < -0.3 is 4.52 Å². The van der Waals surface area contributed by atoms with E-state index in [0.29, 0.717) is 27.6 Å². The molecule has 1 atom stereocenters. The molecule has 2 rings (SSSR count). The van der Waals surface area contributed by atoms with Gasteiger partial charge in [-0.2, -0.15) is 0 Å². The number of nitrogens with one attached hydrogen (secondary N) is 1. The number of amides is 1. The normalized spacial score (nSPS) is 21.2. The first-order valence-corrected chi connectivity index (χ1v) is 7.67. The van der Waals surface area contributed by atoms with E-state index in [1.54, 1.807) is 26.8 Å². The first-order chi connectivity index (χ1) is 8.81. The van der Waals surface area contributed by atoms with Crippen LogP contribution in [0.3, 0.4) is 0 Å². The number of hydrogen-bond acceptors (Lipinski definition) is 4. The fraction of sp³-hybridized carbons (Fsp3) is 0.385. The predicted molar refractivity (Wildman–Crippen MR) is 72.3 cm³/mol. The number of ketones is 1. The number of rotatable bonds is 3. The molecule has 5 nitrogen and oxygen atoms in total. The number of Topliss-reactive ketones (excluding diaryl/α,β-unsaturated/α-hetero) is 1. The quantitative estimate of drug-likeness (QED) is 0.680. The van der Waals surface area contributed by atoms with Crippen molar-refractivity contribution in [2.45, 2.75) is 27.7 Å². The van der Waals surface area contributed by atoms with Crippen LogP contribution in [0.25, 0.3) is 0 Å². The van der Waals surface area contributed by atoms with Gasteiger partial charge in [-0.15, -0.1) is 0 Å². The Morgan fingerprint density at radius 3 is 2.58 bits per heavy atom. The molecule has 0 aliphatic carbocycles. The third-order valence-corrected chi connectivity index (χ3v) is 5.48. The maximum absolute atomic E-state index is 12.7. The van der Waals surface area contributed by atoms with Crippen LogP contribution in [0.15, 0.2) is 6.07 Å². The minimum Gasteiger partial charge on any atom is -0.310 e. The predicted octanol–water partition coefficient (Wildman–Crippen LogP) is 2.10. The van der Waals surface area contributed by atoms with Gasteiger partial charge in [-0.1, -0.05) is 0 Å². The van der Waals surface area contributed by atoms with Crippen molar-refractivity contribution in [1.82, 2.24) is 5.09 Å². The fourth-order valence-electron chi connectivity index (χ4n) is 2.60. The Kier molecular flexibility index (Phi) is 3.37. The summed E-state index contributed by atoms with van der Waals surface area (Å²) in [5.74, 6) is -0.520. The molecule has 0 saturated heterocycles. The molecule has 1 aromatic rings. The Morgan fingerprint density at radius 2 is 2.05 bits per heavy atom. The van der Waals surface area contributed by atoms with Gasteiger partial charge in [0.05, 0.1) is 17.5 Å². The topological polar surface area (TPSA) is 72.5 Å². The molecule has 19 heavy (non-hydrogen) atoms. The molecular weight excluding hydrogens is 265 g/mol. The van der Waals surface area contributed by atoms with Crippen molar-refractivity contribution in [3.05, 3.63) is 28.3 Å². The van der Waals surface area contributed by atoms with Gasteiger partial charge >= 0.3 is 7.52 Å². The highest BCUT2D eigenvalue weighted by atomic mass is 31.2. The highest BCUT2D eigenvalue weighted by Gasteiger charge is 2.42. The molecule has 1 unspecified atom stereocenters. The van der Waals surface area contributed by atoms with Crippen LogP contribution in [0, 0.1) is 13.8 Å². The van der Waals surface area contributed by atoms with E-state index in [0.717, 1.165) is 0 Å². The van der Waals surface area contributed by atoms with Gasteiger partial charge in [-0.3, -0.25) is 19.2 Å². The van der Waals surface area contributed by atoms with Crippen LogP contribution in [0.4, 0.5) is 0 Å². The van der Waals surface area contributed by atoms with Crippen LogP contribution in [0.2, 0.25) is 0 Å². The zero-order chi connectivity index (χ0) is 14.4. The second kappa shape index (κ2) is 4.58. The smallest absolute Gasteiger partial charge is 0.310 e. The molecular formula is C13H16NO4P. The number of fused-ring (bicyclic) bond motifs is 1. The fourth-order valence-corrected chi connectivity index (χ4v) is 4.69. The molecule has 1 aromatic carbocycles. The minimum absolute atomic E-state index is 0.111. The van der Waals surface area contributed by atoms with E-state index >= 15 is 0 Å². The molecule has 0 radical (unpaired) electrons. The monoisotopic (exact) mass is 281 g/mol. The first kappa shape index (κ1) is 14.0. The molecule has 1 N–H and O–H groups in total. The Bertz CT molecular complexity index is 636. The number of hydrogen-bond donors (Lipinski definition) is 1. The lowest BCUT2D eigenvalue weighted by atomic mass is 9.96. The largest absolute Gasteiger partial charge is 0.327 e. The minimum atomic E-state index is -3.39. The molecule has 1 aliphatic heterocycles. The summed E-state index contributed by atoms with van der Waals surface area (Å²) in [4.78, 5) is 23.6. The van der Waals surface area contributed by atoms with Crippen LogP contribution in [-0.4, -0.2) is 18.3 Å². The van der Waals surface area contributed by atoms with Crippen molar-refractivity contribution >= 4 is 24.5 Å². The van der Waals surface area contributed by atoms with E-state index < -0.39 is 13.4 Å². The van der Waals surface area contributed by atoms with Gasteiger partial charge in [0.15, 0.2) is 5.78 Å². The molecule has 6 heteroatoms. The van der Waals surface area contributed by atoms with E-state index in [1.807, 2.05) is 0 Å². The summed E-state index contributed by atoms with van der Waals surface area (Å²) in [5, 5.41) is 2.76. The first-order valence-electron chi connectivity index (χ1n) is 6.04. The van der Waals surface area contributed by atoms with Crippen molar-refractivity contribution < 1.29 is 18.7 Å². The molecule has 0 saturated carbocycles. The van der Waals surface area contributed by atoms with Gasteiger partial charge in [-0.05, 0) is 44.9 Å². The lowest BCUT2D eigenvalue weighted by Crippen LogP contribution is -2.18. The summed E-state index contributed by atoms with van der Waals surface area (Å²) >= 11 is 0. The highest BCUT2D eigenvalue weighted by Crippen LogP contribution is 2.48. The summed E-state index contributed by atoms with van der Waals surface area (Å²) in [5.41, 5.74) is 2.13. The molecule has 1 aliphatic rings. The van der Waals surface area contributed by atoms with Crippen molar-refractivity contribution in [2.24, 2.45) is 0 Å². The van der Waals surface area contributed by atoms with Crippen LogP contribution >= 0.6 is 7.52 Å². The van der Waals surface area contributed by atoms with Gasteiger partial charge in [0, 0.05) is 5.56 Å². The van der Waals surface area contributed by atoms with Crippen molar-refractivity contribution in [3.63, 3.8) is 0 Å². The Balaban J connectivity index is 2.79. The van der Waals surface area contributed by atoms with E-state index in [4.69, 9.17) is 4.52 Å². The third-order valence-electron chi connectivity index (χ3n) is 3.19. The Labute approximate surface area is 111 Å². The maximum atomic E-state index is 12.7. The van der Waals surface area contributed by atoms with Crippen molar-refractivity contribution in [3.8, 4) is 0 Å². The molecule has 102 valence electrons. The lowest BCUT2D eigenvalue weighted by Gasteiger charge is -2.16. The van der Waals surface area contributed by atoms with Crippen LogP contribution in [-0.2, 0) is 9.09 Å². The summed E-state index contributed by atoms with van der Waals surface area (Å²) in [6.07, 6.45) is 0. The van der Waals surface area contributed by atoms with Crippen molar-refractivity contribution in [2.75, 3.05) is 6.61 Å². The number of aryl methyl sites for hydroxylation is 1. The number of carbonyl (C=O) groups is 2. The van der Waals surface area contributed by atoms with Crippen LogP contribution in [0.5, 0.6) is 0 Å². The van der Waals surface area contributed by atoms with Crippen LogP contribution in [0.1, 0.15) is 45.7 Å². The summed E-state index contributed by atoms with van der Waals surface area (Å²) < 4.78 is 17.9. The summed E-state index contributed by atoms with van der Waals surface area (Å²) in [7, 11) is -3.39. The zero-order valence-electron chi connectivity index (χ0n) is 11.4. The Morgan fingerprint density at radius 1 is 1.42 bits per heavy atom. The highest BCUT2D eigenvalue weighted by molar-refractivity contribution is 7.67. The van der Waals surface area contributed by atoms with Gasteiger partial charge in [0.1, 0.15) is 0 Å². The molecule has 0 aromatic heterocycles. The van der Waals surface area contributed by atoms with Crippen molar-refractivity contribution in [1.29, 1.82) is 0 Å². The molecule has 1 amide bonds. The maximum Gasteiger partial charge on any atom is 0.327 e. The van der Waals surface area contributed by atoms with E-state index in [-0.39, 0.29) is 12.4 Å². The van der Waals surface area contributed by atoms with Crippen LogP contribution < -0.4 is 10.4 Å². The molecule has 0 bridgehead atoms. The number of carbonyl (C=O) groups excluding carboxylic acids is 2. The number of benzene rings is 1. The molecule has 0 fully saturated rings. The second-order valence-electron chi connectivity index (χ2n) is 4.56. The average molecular weight is 281 g/mol. The second-order valence-corrected chi connectivity index (χ2v) is 6.59. The third kappa shape index (κ3) is 2.03. The van der Waals surface area contributed by atoms with E-state index in [9.17, 15) is 14.2 Å². The Hall–Kier alpha value is -1.45. The average Bonchev–Trinajstić information content (AvgIpc) is 2.50. The van der Waals surface area contributed by atoms with E-state index in [2.05, 4.69) is 5.09 Å². The van der Waals surface area contributed by atoms with Gasteiger partial charge in [0.2, 0.25) is 0 Å². The van der Waals surface area contributed by atoms with Gasteiger partial charge in [-0.25, -0.2) is 0 Å². The lowest BCUT2D eigenvalue weighted by molar-refractivity contribution is 0.0978.